The van der Waals surface area contributed by atoms with Gasteiger partial charge in [-0.3, -0.25) is 4.79 Å². The van der Waals surface area contributed by atoms with Gasteiger partial charge in [0.2, 0.25) is 0 Å². The molecule has 5 heteroatoms. The van der Waals surface area contributed by atoms with Gasteiger partial charge in [-0.25, -0.2) is 0 Å². The van der Waals surface area contributed by atoms with Gasteiger partial charge in [-0.15, -0.1) is 0 Å². The Balaban J connectivity index is 1.61. The SMILES string of the molecule is CC1=C(C#N)[C@H](c2ccc(OCc3ccc(Cl)cc3)cc2)C2=C(CC(C)(C)CC2=O)N1. The molecule has 0 aromatic heterocycles. The van der Waals surface area contributed by atoms with Crippen molar-refractivity contribution >= 4 is 17.4 Å². The average Bonchev–Trinajstić information content (AvgIpc) is 2.72. The van der Waals surface area contributed by atoms with Crippen LogP contribution in [0.15, 0.2) is 71.1 Å². The number of nitrogens with zero attached hydrogens (tertiary/aromatic N) is 1. The van der Waals surface area contributed by atoms with E-state index in [0.29, 0.717) is 23.6 Å². The molecule has 2 aliphatic rings. The van der Waals surface area contributed by atoms with E-state index in [4.69, 9.17) is 16.3 Å². The molecule has 1 heterocycles. The second kappa shape index (κ2) is 8.24. The Kier molecular flexibility index (Phi) is 5.64. The zero-order valence-corrected chi connectivity index (χ0v) is 18.7. The minimum atomic E-state index is -0.338. The molecule has 31 heavy (non-hydrogen) atoms. The molecule has 0 spiro atoms. The lowest BCUT2D eigenvalue weighted by molar-refractivity contribution is -0.118. The van der Waals surface area contributed by atoms with Gasteiger partial charge in [0.1, 0.15) is 12.4 Å². The van der Waals surface area contributed by atoms with Crippen molar-refractivity contribution in [1.29, 1.82) is 5.26 Å². The van der Waals surface area contributed by atoms with Gasteiger partial charge in [0.25, 0.3) is 0 Å². The molecule has 0 fully saturated rings. The lowest BCUT2D eigenvalue weighted by Gasteiger charge is -2.38. The summed E-state index contributed by atoms with van der Waals surface area (Å²) >= 11 is 5.93. The van der Waals surface area contributed by atoms with Crippen LogP contribution < -0.4 is 10.1 Å². The van der Waals surface area contributed by atoms with E-state index in [1.54, 1.807) is 0 Å². The second-order valence-corrected chi connectivity index (χ2v) is 9.46. The van der Waals surface area contributed by atoms with Crippen LogP contribution in [0, 0.1) is 16.7 Å². The molecule has 4 nitrogen and oxygen atoms in total. The van der Waals surface area contributed by atoms with E-state index >= 15 is 0 Å². The van der Waals surface area contributed by atoms with Crippen LogP contribution in [-0.4, -0.2) is 5.78 Å². The number of halogens is 1. The quantitative estimate of drug-likeness (QED) is 0.639. The molecule has 2 aromatic carbocycles. The summed E-state index contributed by atoms with van der Waals surface area (Å²) in [6.45, 7) is 6.56. The number of ether oxygens (including phenoxy) is 1. The maximum absolute atomic E-state index is 13.1. The van der Waals surface area contributed by atoms with Gasteiger partial charge in [0.05, 0.1) is 17.6 Å². The normalized spacial score (nSPS) is 20.1. The van der Waals surface area contributed by atoms with Gasteiger partial charge < -0.3 is 10.1 Å². The maximum atomic E-state index is 13.1. The number of carbonyl (C=O) groups excluding carboxylic acids is 1. The number of dihydropyridines is 1. The van der Waals surface area contributed by atoms with Crippen molar-refractivity contribution in [3.8, 4) is 11.8 Å². The van der Waals surface area contributed by atoms with Crippen molar-refractivity contribution in [3.05, 3.63) is 87.2 Å². The van der Waals surface area contributed by atoms with Crippen molar-refractivity contribution in [2.45, 2.75) is 46.1 Å². The summed E-state index contributed by atoms with van der Waals surface area (Å²) in [5, 5.41) is 13.9. The Morgan fingerprint density at radius 3 is 2.45 bits per heavy atom. The monoisotopic (exact) mass is 432 g/mol. The van der Waals surface area contributed by atoms with Crippen LogP contribution >= 0.6 is 11.6 Å². The summed E-state index contributed by atoms with van der Waals surface area (Å²) in [7, 11) is 0. The molecule has 1 aliphatic carbocycles. The topological polar surface area (TPSA) is 62.1 Å². The number of carbonyl (C=O) groups is 1. The van der Waals surface area contributed by atoms with Crippen molar-refractivity contribution < 1.29 is 9.53 Å². The summed E-state index contributed by atoms with van der Waals surface area (Å²) in [6.07, 6.45) is 1.28. The number of ketones is 1. The number of allylic oxidation sites excluding steroid dienone is 4. The van der Waals surface area contributed by atoms with Crippen LogP contribution in [0.3, 0.4) is 0 Å². The minimum absolute atomic E-state index is 0.0861. The van der Waals surface area contributed by atoms with Gasteiger partial charge in [-0.1, -0.05) is 49.7 Å². The highest BCUT2D eigenvalue weighted by atomic mass is 35.5. The third-order valence-electron chi connectivity index (χ3n) is 5.89. The first-order valence-electron chi connectivity index (χ1n) is 10.4. The van der Waals surface area contributed by atoms with Crippen LogP contribution in [-0.2, 0) is 11.4 Å². The van der Waals surface area contributed by atoms with Crippen LogP contribution in [0.4, 0.5) is 0 Å². The molecule has 0 radical (unpaired) electrons. The number of rotatable bonds is 4. The first-order chi connectivity index (χ1) is 14.8. The summed E-state index contributed by atoms with van der Waals surface area (Å²) in [6, 6.07) is 17.6. The number of hydrogen-bond acceptors (Lipinski definition) is 4. The molecule has 1 N–H and O–H groups in total. The summed E-state index contributed by atoms with van der Waals surface area (Å²) < 4.78 is 5.89. The second-order valence-electron chi connectivity index (χ2n) is 9.03. The fourth-order valence-corrected chi connectivity index (χ4v) is 4.55. The fraction of sp³-hybridized carbons (Fsp3) is 0.308. The van der Waals surface area contributed by atoms with Crippen molar-refractivity contribution in [1.82, 2.24) is 5.32 Å². The van der Waals surface area contributed by atoms with Crippen LogP contribution in [0.5, 0.6) is 5.75 Å². The van der Waals surface area contributed by atoms with Gasteiger partial charge in [0, 0.05) is 28.4 Å². The zero-order chi connectivity index (χ0) is 22.2. The van der Waals surface area contributed by atoms with Gasteiger partial charge >= 0.3 is 0 Å². The zero-order valence-electron chi connectivity index (χ0n) is 18.0. The first kappa shape index (κ1) is 21.2. The number of nitriles is 1. The Labute approximate surface area is 188 Å². The summed E-state index contributed by atoms with van der Waals surface area (Å²) in [5.41, 5.74) is 4.97. The smallest absolute Gasteiger partial charge is 0.162 e. The molecule has 0 amide bonds. The Morgan fingerprint density at radius 1 is 1.13 bits per heavy atom. The predicted octanol–water partition coefficient (Wildman–Crippen LogP) is 6.05. The van der Waals surface area contributed by atoms with Crippen LogP contribution in [0.25, 0.3) is 0 Å². The van der Waals surface area contributed by atoms with E-state index in [9.17, 15) is 10.1 Å². The third kappa shape index (κ3) is 4.38. The number of benzene rings is 2. The third-order valence-corrected chi connectivity index (χ3v) is 6.14. The Morgan fingerprint density at radius 2 is 1.81 bits per heavy atom. The molecule has 2 aromatic rings. The minimum Gasteiger partial charge on any atom is -0.489 e. The standard InChI is InChI=1S/C26H25ClN2O2/c1-16-21(14-28)24(25-22(29-16)12-26(2,3)13-23(25)30)18-6-10-20(11-7-18)31-15-17-4-8-19(27)9-5-17/h4-11,24,29H,12-13,15H2,1-3H3/t24-/m0/s1. The molecule has 0 bridgehead atoms. The van der Waals surface area contributed by atoms with Crippen LogP contribution in [0.2, 0.25) is 5.02 Å². The van der Waals surface area contributed by atoms with Gasteiger partial charge in [0.15, 0.2) is 5.78 Å². The molecule has 1 atom stereocenters. The number of nitrogens with one attached hydrogen (secondary N) is 1. The molecule has 0 saturated carbocycles. The molecule has 158 valence electrons. The molecule has 0 saturated heterocycles. The summed E-state index contributed by atoms with van der Waals surface area (Å²) in [4.78, 5) is 13.1. The van der Waals surface area contributed by atoms with Gasteiger partial charge in [-0.05, 0) is 54.2 Å². The van der Waals surface area contributed by atoms with E-state index in [0.717, 1.165) is 40.3 Å². The Hall–Kier alpha value is -3.03. The highest BCUT2D eigenvalue weighted by molar-refractivity contribution is 6.30. The van der Waals surface area contributed by atoms with E-state index in [1.807, 2.05) is 55.5 Å². The molecular formula is C26H25ClN2O2. The predicted molar refractivity (Wildman–Crippen MR) is 121 cm³/mol. The van der Waals surface area contributed by atoms with E-state index in [1.165, 1.54) is 0 Å². The maximum Gasteiger partial charge on any atom is 0.162 e. The molecule has 4 rings (SSSR count). The Bertz CT molecular complexity index is 1120. The molecular weight excluding hydrogens is 408 g/mol. The van der Waals surface area contributed by atoms with Crippen LogP contribution in [0.1, 0.15) is 50.7 Å². The van der Waals surface area contributed by atoms with Crippen molar-refractivity contribution in [2.24, 2.45) is 5.41 Å². The van der Waals surface area contributed by atoms with Gasteiger partial charge in [-0.2, -0.15) is 5.26 Å². The van der Waals surface area contributed by atoms with E-state index in [2.05, 4.69) is 25.2 Å². The largest absolute Gasteiger partial charge is 0.489 e. The lowest BCUT2D eigenvalue weighted by atomic mass is 9.69. The molecule has 0 unspecified atom stereocenters. The van der Waals surface area contributed by atoms with E-state index in [-0.39, 0.29) is 17.1 Å². The van der Waals surface area contributed by atoms with Crippen molar-refractivity contribution in [2.75, 3.05) is 0 Å². The summed E-state index contributed by atoms with van der Waals surface area (Å²) in [5.74, 6) is 0.513. The van der Waals surface area contributed by atoms with Crippen molar-refractivity contribution in [3.63, 3.8) is 0 Å². The first-order valence-corrected chi connectivity index (χ1v) is 10.8. The average molecular weight is 433 g/mol. The lowest BCUT2D eigenvalue weighted by Crippen LogP contribution is -2.36. The number of hydrogen-bond donors (Lipinski definition) is 1. The fourth-order valence-electron chi connectivity index (χ4n) is 4.42. The highest BCUT2D eigenvalue weighted by Gasteiger charge is 2.41. The van der Waals surface area contributed by atoms with E-state index < -0.39 is 0 Å². The highest BCUT2D eigenvalue weighted by Crippen LogP contribution is 2.46. The molecule has 1 aliphatic heterocycles. The number of Topliss-reactive ketones (excluding diaryl/α,β-unsaturated/α-hetero) is 1.